The molecule has 2 nitrogen and oxygen atoms in total. The molecule has 0 saturated carbocycles. The van der Waals surface area contributed by atoms with Crippen LogP contribution in [-0.2, 0) is 6.42 Å². The van der Waals surface area contributed by atoms with Crippen LogP contribution in [0.4, 0.5) is 0 Å². The van der Waals surface area contributed by atoms with Crippen molar-refractivity contribution in [1.82, 2.24) is 9.97 Å². The van der Waals surface area contributed by atoms with Crippen molar-refractivity contribution in [1.29, 1.82) is 0 Å². The number of benzene rings is 1. The van der Waals surface area contributed by atoms with Crippen LogP contribution in [0.1, 0.15) is 30.0 Å². The second kappa shape index (κ2) is 5.89. The third-order valence-electron chi connectivity index (χ3n) is 3.17. The van der Waals surface area contributed by atoms with Crippen molar-refractivity contribution in [2.75, 3.05) is 0 Å². The molecule has 0 N–H and O–H groups in total. The van der Waals surface area contributed by atoms with Crippen molar-refractivity contribution in [3.05, 3.63) is 45.2 Å². The van der Waals surface area contributed by atoms with E-state index in [-0.39, 0.29) is 0 Å². The highest BCUT2D eigenvalue weighted by molar-refractivity contribution is 6.34. The topological polar surface area (TPSA) is 25.8 Å². The summed E-state index contributed by atoms with van der Waals surface area (Å²) in [5.74, 6) is 0.581. The minimum atomic E-state index is 0.454. The van der Waals surface area contributed by atoms with Gasteiger partial charge in [-0.2, -0.15) is 0 Å². The first-order valence-electron chi connectivity index (χ1n) is 6.32. The minimum Gasteiger partial charge on any atom is -0.216 e. The molecule has 2 aromatic rings. The Morgan fingerprint density at radius 2 is 1.63 bits per heavy atom. The molecule has 0 aliphatic heterocycles. The molecule has 1 aromatic heterocycles. The molecule has 0 atom stereocenters. The van der Waals surface area contributed by atoms with Gasteiger partial charge in [-0.15, -0.1) is 0 Å². The maximum atomic E-state index is 6.20. The first-order valence-corrected chi connectivity index (χ1v) is 7.08. The second-order valence-electron chi connectivity index (χ2n) is 4.66. The summed E-state index contributed by atoms with van der Waals surface area (Å²) in [7, 11) is 0. The van der Waals surface area contributed by atoms with Gasteiger partial charge in [0.05, 0.1) is 0 Å². The molecule has 2 rings (SSSR count). The van der Waals surface area contributed by atoms with Crippen LogP contribution in [0.25, 0.3) is 11.4 Å². The van der Waals surface area contributed by atoms with Crippen molar-refractivity contribution < 1.29 is 0 Å². The van der Waals surface area contributed by atoms with Gasteiger partial charge in [0.15, 0.2) is 5.82 Å². The molecule has 0 aliphatic rings. The highest BCUT2D eigenvalue weighted by atomic mass is 35.5. The van der Waals surface area contributed by atoms with Gasteiger partial charge in [0, 0.05) is 11.1 Å². The van der Waals surface area contributed by atoms with Gasteiger partial charge in [-0.25, -0.2) is 9.97 Å². The Morgan fingerprint density at radius 1 is 1.00 bits per heavy atom. The van der Waals surface area contributed by atoms with E-state index < -0.39 is 0 Å². The van der Waals surface area contributed by atoms with Gasteiger partial charge in [0.25, 0.3) is 0 Å². The van der Waals surface area contributed by atoms with Crippen LogP contribution in [0.5, 0.6) is 0 Å². The lowest BCUT2D eigenvalue weighted by Crippen LogP contribution is -1.98. The van der Waals surface area contributed by atoms with Crippen LogP contribution < -0.4 is 0 Å². The number of nitrogens with zero attached hydrogens (tertiary/aromatic N) is 2. The summed E-state index contributed by atoms with van der Waals surface area (Å²) in [5.41, 5.74) is 4.21. The van der Waals surface area contributed by atoms with E-state index in [9.17, 15) is 0 Å². The molecule has 0 amide bonds. The number of aryl methyl sites for hydroxylation is 2. The van der Waals surface area contributed by atoms with Gasteiger partial charge in [-0.1, -0.05) is 48.7 Å². The summed E-state index contributed by atoms with van der Waals surface area (Å²) >= 11 is 12.4. The predicted molar refractivity (Wildman–Crippen MR) is 81.0 cm³/mol. The molecule has 0 spiro atoms. The molecule has 1 aromatic carbocycles. The summed E-state index contributed by atoms with van der Waals surface area (Å²) in [6, 6.07) is 6.09. The molecule has 0 aliphatic carbocycles. The number of hydrogen-bond donors (Lipinski definition) is 0. The van der Waals surface area contributed by atoms with E-state index in [0.717, 1.165) is 24.0 Å². The molecule has 100 valence electrons. The zero-order valence-corrected chi connectivity index (χ0v) is 12.8. The Balaban J connectivity index is 2.48. The molecule has 0 radical (unpaired) electrons. The van der Waals surface area contributed by atoms with E-state index in [1.807, 2.05) is 6.07 Å². The number of hydrogen-bond acceptors (Lipinski definition) is 2. The van der Waals surface area contributed by atoms with Gasteiger partial charge in [-0.05, 0) is 37.5 Å². The van der Waals surface area contributed by atoms with Crippen molar-refractivity contribution in [3.63, 3.8) is 0 Å². The van der Waals surface area contributed by atoms with E-state index in [1.54, 1.807) is 0 Å². The number of aromatic nitrogens is 2. The van der Waals surface area contributed by atoms with Gasteiger partial charge >= 0.3 is 0 Å². The molecule has 19 heavy (non-hydrogen) atoms. The molecule has 0 unspecified atom stereocenters. The van der Waals surface area contributed by atoms with Gasteiger partial charge in [0.2, 0.25) is 0 Å². The lowest BCUT2D eigenvalue weighted by molar-refractivity contribution is 0.903. The molecule has 0 fully saturated rings. The van der Waals surface area contributed by atoms with Crippen LogP contribution in [0.3, 0.4) is 0 Å². The molecular formula is C15H16Cl2N2. The fraction of sp³-hybridized carbons (Fsp3) is 0.333. The highest BCUT2D eigenvalue weighted by Gasteiger charge is 2.12. The minimum absolute atomic E-state index is 0.454. The van der Waals surface area contributed by atoms with Gasteiger partial charge in [-0.3, -0.25) is 0 Å². The molecule has 1 heterocycles. The quantitative estimate of drug-likeness (QED) is 0.743. The van der Waals surface area contributed by atoms with Crippen molar-refractivity contribution in [2.45, 2.75) is 33.6 Å². The van der Waals surface area contributed by atoms with Crippen molar-refractivity contribution in [3.8, 4) is 11.4 Å². The van der Waals surface area contributed by atoms with Crippen LogP contribution >= 0.6 is 23.2 Å². The predicted octanol–water partition coefficient (Wildman–Crippen LogP) is 5.02. The molecular weight excluding hydrogens is 279 g/mol. The monoisotopic (exact) mass is 294 g/mol. The Kier molecular flexibility index (Phi) is 4.43. The SMILES string of the molecule is CCCc1c(Cl)nc(-c2ccc(C)c(C)c2)nc1Cl. The molecule has 4 heteroatoms. The van der Waals surface area contributed by atoms with E-state index in [2.05, 4.69) is 42.9 Å². The molecule has 0 bridgehead atoms. The largest absolute Gasteiger partial charge is 0.216 e. The Labute approximate surface area is 123 Å². The Bertz CT molecular complexity index is 586. The fourth-order valence-corrected chi connectivity index (χ4v) is 2.47. The van der Waals surface area contributed by atoms with E-state index in [4.69, 9.17) is 23.2 Å². The average Bonchev–Trinajstić information content (AvgIpc) is 2.37. The third kappa shape index (κ3) is 3.07. The van der Waals surface area contributed by atoms with E-state index in [0.29, 0.717) is 16.1 Å². The van der Waals surface area contributed by atoms with Gasteiger partial charge < -0.3 is 0 Å². The Hall–Kier alpha value is -1.12. The number of halogens is 2. The standard InChI is InChI=1S/C15H16Cl2N2/c1-4-5-12-13(16)18-15(19-14(12)17)11-7-6-9(2)10(3)8-11/h6-8H,4-5H2,1-3H3. The smallest absolute Gasteiger partial charge is 0.162 e. The Morgan fingerprint density at radius 3 is 2.16 bits per heavy atom. The van der Waals surface area contributed by atoms with E-state index in [1.165, 1.54) is 11.1 Å². The lowest BCUT2D eigenvalue weighted by Gasteiger charge is -2.08. The average molecular weight is 295 g/mol. The van der Waals surface area contributed by atoms with Gasteiger partial charge in [0.1, 0.15) is 10.3 Å². The number of rotatable bonds is 3. The lowest BCUT2D eigenvalue weighted by atomic mass is 10.1. The van der Waals surface area contributed by atoms with Crippen molar-refractivity contribution >= 4 is 23.2 Å². The first-order chi connectivity index (χ1) is 9.02. The normalized spacial score (nSPS) is 10.8. The molecule has 0 saturated heterocycles. The maximum Gasteiger partial charge on any atom is 0.162 e. The summed E-state index contributed by atoms with van der Waals surface area (Å²) in [4.78, 5) is 8.73. The summed E-state index contributed by atoms with van der Waals surface area (Å²) in [6.07, 6.45) is 1.76. The van der Waals surface area contributed by atoms with Crippen LogP contribution in [-0.4, -0.2) is 9.97 Å². The van der Waals surface area contributed by atoms with E-state index >= 15 is 0 Å². The zero-order valence-electron chi connectivity index (χ0n) is 11.3. The fourth-order valence-electron chi connectivity index (χ4n) is 1.90. The summed E-state index contributed by atoms with van der Waals surface area (Å²) < 4.78 is 0. The first kappa shape index (κ1) is 14.3. The van der Waals surface area contributed by atoms with Crippen molar-refractivity contribution in [2.24, 2.45) is 0 Å². The summed E-state index contributed by atoms with van der Waals surface area (Å²) in [5, 5.41) is 0.908. The maximum absolute atomic E-state index is 6.20. The van der Waals surface area contributed by atoms with Crippen LogP contribution in [0.15, 0.2) is 18.2 Å². The zero-order chi connectivity index (χ0) is 14.0. The van der Waals surface area contributed by atoms with Crippen LogP contribution in [0, 0.1) is 13.8 Å². The highest BCUT2D eigenvalue weighted by Crippen LogP contribution is 2.27. The third-order valence-corrected chi connectivity index (χ3v) is 3.80. The second-order valence-corrected chi connectivity index (χ2v) is 5.37. The summed E-state index contributed by atoms with van der Waals surface area (Å²) in [6.45, 7) is 6.21. The van der Waals surface area contributed by atoms with Crippen LogP contribution in [0.2, 0.25) is 10.3 Å².